The summed E-state index contributed by atoms with van der Waals surface area (Å²) >= 11 is 0. The predicted octanol–water partition coefficient (Wildman–Crippen LogP) is 2.87. The number of amides is 1. The molecule has 3 N–H and O–H groups in total. The van der Waals surface area contributed by atoms with E-state index in [-0.39, 0.29) is 17.7 Å². The van der Waals surface area contributed by atoms with Crippen LogP contribution in [0, 0.1) is 6.92 Å². The Morgan fingerprint density at radius 1 is 1.09 bits per heavy atom. The van der Waals surface area contributed by atoms with Gasteiger partial charge in [-0.15, -0.1) is 0 Å². The summed E-state index contributed by atoms with van der Waals surface area (Å²) in [4.78, 5) is 23.7. The average Bonchev–Trinajstić information content (AvgIpc) is 2.53. The summed E-state index contributed by atoms with van der Waals surface area (Å²) in [5.41, 5.74) is 2.37. The largest absolute Gasteiger partial charge is 0.478 e. The van der Waals surface area contributed by atoms with Gasteiger partial charge in [-0.1, -0.05) is 24.3 Å². The standard InChI is InChI=1S/C18H19NO4/c1-12-4-2-6-15(16(12)18(22)23)17(21)19-14-9-7-13(8-10-14)5-3-11-20/h2,4,6-10,20H,3,5,11H2,1H3,(H,19,21)(H,22,23). The Bertz CT molecular complexity index is 707. The molecule has 0 unspecified atom stereocenters. The van der Waals surface area contributed by atoms with E-state index < -0.39 is 11.9 Å². The lowest BCUT2D eigenvalue weighted by Crippen LogP contribution is -2.17. The van der Waals surface area contributed by atoms with Crippen LogP contribution in [0.4, 0.5) is 5.69 Å². The number of rotatable bonds is 6. The van der Waals surface area contributed by atoms with Crippen molar-refractivity contribution in [1.29, 1.82) is 0 Å². The number of carbonyl (C=O) groups is 2. The first-order valence-electron chi connectivity index (χ1n) is 7.37. The Hall–Kier alpha value is -2.66. The van der Waals surface area contributed by atoms with Crippen molar-refractivity contribution < 1.29 is 19.8 Å². The molecule has 0 bridgehead atoms. The lowest BCUT2D eigenvalue weighted by atomic mass is 10.0. The highest BCUT2D eigenvalue weighted by molar-refractivity contribution is 6.11. The molecule has 0 heterocycles. The van der Waals surface area contributed by atoms with Crippen molar-refractivity contribution in [2.45, 2.75) is 19.8 Å². The van der Waals surface area contributed by atoms with E-state index >= 15 is 0 Å². The molecule has 1 amide bonds. The van der Waals surface area contributed by atoms with Gasteiger partial charge in [-0.05, 0) is 49.1 Å². The number of aryl methyl sites for hydroxylation is 2. The Balaban J connectivity index is 2.16. The number of aliphatic hydroxyl groups excluding tert-OH is 1. The number of carboxylic acids is 1. The Morgan fingerprint density at radius 2 is 1.78 bits per heavy atom. The van der Waals surface area contributed by atoms with Crippen LogP contribution in [0.3, 0.4) is 0 Å². The maximum atomic E-state index is 12.3. The van der Waals surface area contributed by atoms with Crippen molar-refractivity contribution in [3.8, 4) is 0 Å². The molecule has 0 aliphatic heterocycles. The highest BCUT2D eigenvalue weighted by Gasteiger charge is 2.18. The summed E-state index contributed by atoms with van der Waals surface area (Å²) in [7, 11) is 0. The summed E-state index contributed by atoms with van der Waals surface area (Å²) < 4.78 is 0. The fourth-order valence-corrected chi connectivity index (χ4v) is 2.38. The van der Waals surface area contributed by atoms with Crippen molar-refractivity contribution in [1.82, 2.24) is 0 Å². The third-order valence-corrected chi connectivity index (χ3v) is 3.57. The number of hydrogen-bond donors (Lipinski definition) is 3. The van der Waals surface area contributed by atoms with E-state index in [1.165, 1.54) is 6.07 Å². The molecule has 0 spiro atoms. The number of anilines is 1. The fraction of sp³-hybridized carbons (Fsp3) is 0.222. The average molecular weight is 313 g/mol. The third kappa shape index (κ3) is 4.17. The monoisotopic (exact) mass is 313 g/mol. The van der Waals surface area contributed by atoms with E-state index in [2.05, 4.69) is 5.32 Å². The number of hydrogen-bond acceptors (Lipinski definition) is 3. The number of aliphatic hydroxyl groups is 1. The minimum atomic E-state index is -1.12. The van der Waals surface area contributed by atoms with Crippen LogP contribution in [0.2, 0.25) is 0 Å². The summed E-state index contributed by atoms with van der Waals surface area (Å²) in [6, 6.07) is 12.1. The number of aromatic carboxylic acids is 1. The van der Waals surface area contributed by atoms with Gasteiger partial charge in [0.2, 0.25) is 0 Å². The van der Waals surface area contributed by atoms with Gasteiger partial charge >= 0.3 is 5.97 Å². The molecule has 0 atom stereocenters. The van der Waals surface area contributed by atoms with Gasteiger partial charge in [0.15, 0.2) is 0 Å². The van der Waals surface area contributed by atoms with E-state index in [1.807, 2.05) is 12.1 Å². The van der Waals surface area contributed by atoms with Gasteiger partial charge in [0.25, 0.3) is 5.91 Å². The Morgan fingerprint density at radius 3 is 2.39 bits per heavy atom. The molecule has 120 valence electrons. The van der Waals surface area contributed by atoms with Crippen LogP contribution >= 0.6 is 0 Å². The fourth-order valence-electron chi connectivity index (χ4n) is 2.38. The Labute approximate surface area is 134 Å². The van der Waals surface area contributed by atoms with Crippen LogP contribution in [0.1, 0.15) is 38.3 Å². The summed E-state index contributed by atoms with van der Waals surface area (Å²) in [6.07, 6.45) is 1.46. The first-order valence-corrected chi connectivity index (χ1v) is 7.37. The maximum absolute atomic E-state index is 12.3. The van der Waals surface area contributed by atoms with Crippen molar-refractivity contribution >= 4 is 17.6 Å². The second kappa shape index (κ2) is 7.56. The molecular formula is C18H19NO4. The molecule has 2 rings (SSSR count). The highest BCUT2D eigenvalue weighted by Crippen LogP contribution is 2.17. The molecule has 0 radical (unpaired) electrons. The minimum absolute atomic E-state index is 0.0181. The zero-order valence-electron chi connectivity index (χ0n) is 12.9. The molecule has 2 aromatic rings. The first kappa shape index (κ1) is 16.7. The van der Waals surface area contributed by atoms with E-state index in [0.29, 0.717) is 17.7 Å². The molecule has 0 fully saturated rings. The number of nitrogens with one attached hydrogen (secondary N) is 1. The Kier molecular flexibility index (Phi) is 5.49. The molecule has 23 heavy (non-hydrogen) atoms. The van der Waals surface area contributed by atoms with Gasteiger partial charge in [0.05, 0.1) is 11.1 Å². The molecule has 0 aliphatic rings. The summed E-state index contributed by atoms with van der Waals surface area (Å²) in [5, 5.41) is 20.8. The molecular weight excluding hydrogens is 294 g/mol. The van der Waals surface area contributed by atoms with Crippen molar-refractivity contribution in [3.63, 3.8) is 0 Å². The summed E-state index contributed by atoms with van der Waals surface area (Å²) in [6.45, 7) is 1.81. The van der Waals surface area contributed by atoms with Crippen LogP contribution in [0.25, 0.3) is 0 Å². The predicted molar refractivity (Wildman–Crippen MR) is 87.9 cm³/mol. The molecule has 0 aromatic heterocycles. The van der Waals surface area contributed by atoms with Crippen LogP contribution in [0.15, 0.2) is 42.5 Å². The van der Waals surface area contributed by atoms with Gasteiger partial charge in [-0.3, -0.25) is 4.79 Å². The van der Waals surface area contributed by atoms with E-state index in [1.54, 1.807) is 31.2 Å². The smallest absolute Gasteiger partial charge is 0.336 e. The number of carbonyl (C=O) groups excluding carboxylic acids is 1. The third-order valence-electron chi connectivity index (χ3n) is 3.57. The van der Waals surface area contributed by atoms with Gasteiger partial charge < -0.3 is 15.5 Å². The highest BCUT2D eigenvalue weighted by atomic mass is 16.4. The van der Waals surface area contributed by atoms with Crippen LogP contribution in [0.5, 0.6) is 0 Å². The first-order chi connectivity index (χ1) is 11.0. The van der Waals surface area contributed by atoms with Crippen molar-refractivity contribution in [2.24, 2.45) is 0 Å². The minimum Gasteiger partial charge on any atom is -0.478 e. The normalized spacial score (nSPS) is 10.3. The number of benzene rings is 2. The molecule has 0 aliphatic carbocycles. The zero-order valence-corrected chi connectivity index (χ0v) is 12.9. The van der Waals surface area contributed by atoms with Gasteiger partial charge in [-0.2, -0.15) is 0 Å². The van der Waals surface area contributed by atoms with E-state index in [4.69, 9.17) is 5.11 Å². The summed E-state index contributed by atoms with van der Waals surface area (Å²) in [5.74, 6) is -1.57. The maximum Gasteiger partial charge on any atom is 0.336 e. The molecule has 5 heteroatoms. The van der Waals surface area contributed by atoms with Crippen LogP contribution in [-0.4, -0.2) is 28.7 Å². The SMILES string of the molecule is Cc1cccc(C(=O)Nc2ccc(CCCO)cc2)c1C(=O)O. The van der Waals surface area contributed by atoms with E-state index in [0.717, 1.165) is 12.0 Å². The molecule has 0 saturated carbocycles. The second-order valence-electron chi connectivity index (χ2n) is 5.28. The molecule has 0 saturated heterocycles. The topological polar surface area (TPSA) is 86.6 Å². The lowest BCUT2D eigenvalue weighted by molar-refractivity contribution is 0.0691. The quantitative estimate of drug-likeness (QED) is 0.765. The van der Waals surface area contributed by atoms with Gasteiger partial charge in [-0.25, -0.2) is 4.79 Å². The van der Waals surface area contributed by atoms with Crippen LogP contribution < -0.4 is 5.32 Å². The van der Waals surface area contributed by atoms with Crippen molar-refractivity contribution in [3.05, 3.63) is 64.7 Å². The molecule has 5 nitrogen and oxygen atoms in total. The second-order valence-corrected chi connectivity index (χ2v) is 5.28. The van der Waals surface area contributed by atoms with Gasteiger partial charge in [0.1, 0.15) is 0 Å². The number of carboxylic acid groups (broad SMARTS) is 1. The molecule has 2 aromatic carbocycles. The van der Waals surface area contributed by atoms with Gasteiger partial charge in [0, 0.05) is 12.3 Å². The lowest BCUT2D eigenvalue weighted by Gasteiger charge is -2.10. The van der Waals surface area contributed by atoms with E-state index in [9.17, 15) is 14.7 Å². The zero-order chi connectivity index (χ0) is 16.8. The van der Waals surface area contributed by atoms with Crippen molar-refractivity contribution in [2.75, 3.05) is 11.9 Å². The van der Waals surface area contributed by atoms with Crippen LogP contribution in [-0.2, 0) is 6.42 Å².